The van der Waals surface area contributed by atoms with E-state index in [1.165, 1.54) is 4.88 Å². The van der Waals surface area contributed by atoms with Crippen LogP contribution in [0.1, 0.15) is 56.0 Å². The minimum Gasteiger partial charge on any atom is -0.249 e. The molecule has 0 saturated carbocycles. The van der Waals surface area contributed by atoms with Crippen molar-refractivity contribution in [2.24, 2.45) is 10.9 Å². The van der Waals surface area contributed by atoms with Crippen LogP contribution in [0.2, 0.25) is 0 Å². The highest BCUT2D eigenvalue weighted by molar-refractivity contribution is 7.16. The van der Waals surface area contributed by atoms with Crippen LogP contribution in [-0.2, 0) is 11.8 Å². The number of nitrogens with zero attached hydrogens (tertiary/aromatic N) is 2. The molecule has 0 spiro atoms. The molecule has 0 saturated heterocycles. The number of nitriles is 1. The number of terminal acetylenes is 1. The molecule has 104 valence electrons. The van der Waals surface area contributed by atoms with Gasteiger partial charge in [-0.1, -0.05) is 19.8 Å². The van der Waals surface area contributed by atoms with Gasteiger partial charge in [0.05, 0.1) is 11.0 Å². The lowest BCUT2D eigenvalue weighted by molar-refractivity contribution is 0.502. The molecule has 0 aliphatic heterocycles. The highest BCUT2D eigenvalue weighted by Crippen LogP contribution is 2.47. The van der Waals surface area contributed by atoms with E-state index in [4.69, 9.17) is 6.42 Å². The molecule has 0 aromatic carbocycles. The number of aryl methyl sites for hydroxylation is 1. The van der Waals surface area contributed by atoms with Gasteiger partial charge in [-0.05, 0) is 38.5 Å². The number of hydrogen-bond donors (Lipinski definition) is 0. The Morgan fingerprint density at radius 1 is 1.55 bits per heavy atom. The van der Waals surface area contributed by atoms with Crippen LogP contribution in [0, 0.1) is 29.6 Å². The second-order valence-corrected chi connectivity index (χ2v) is 7.05. The van der Waals surface area contributed by atoms with Crippen molar-refractivity contribution in [3.63, 3.8) is 0 Å². The van der Waals surface area contributed by atoms with Gasteiger partial charge in [-0.15, -0.1) is 17.8 Å². The predicted octanol–water partition coefficient (Wildman–Crippen LogP) is 4.60. The number of thiophene rings is 1. The number of aliphatic imine (C=N–C) groups is 1. The Labute approximate surface area is 125 Å². The highest BCUT2D eigenvalue weighted by Gasteiger charge is 2.35. The molecule has 3 heteroatoms. The van der Waals surface area contributed by atoms with Crippen LogP contribution >= 0.6 is 11.3 Å². The summed E-state index contributed by atoms with van der Waals surface area (Å²) in [6, 6.07) is 2.33. The molecular weight excluding hydrogens is 264 g/mol. The second-order valence-electron chi connectivity index (χ2n) is 5.96. The molecule has 2 rings (SSSR count). The van der Waals surface area contributed by atoms with Crippen LogP contribution in [0.25, 0.3) is 0 Å². The Morgan fingerprint density at radius 3 is 2.90 bits per heavy atom. The normalized spacial score (nSPS) is 21.7. The van der Waals surface area contributed by atoms with Crippen LogP contribution in [-0.4, -0.2) is 6.21 Å². The van der Waals surface area contributed by atoms with E-state index in [-0.39, 0.29) is 5.41 Å². The summed E-state index contributed by atoms with van der Waals surface area (Å²) >= 11 is 1.64. The maximum Gasteiger partial charge on any atom is 0.134 e. The molecule has 1 aromatic heterocycles. The Kier molecular flexibility index (Phi) is 4.31. The summed E-state index contributed by atoms with van der Waals surface area (Å²) in [7, 11) is 0. The third-order valence-corrected chi connectivity index (χ3v) is 4.97. The SMILES string of the molecule is C#C[C@@]1(C)CCCc2sc(/N=C/CC(C)C)c(C#N)c21. The topological polar surface area (TPSA) is 36.1 Å². The van der Waals surface area contributed by atoms with Crippen LogP contribution in [0.4, 0.5) is 5.00 Å². The molecule has 2 nitrogen and oxygen atoms in total. The van der Waals surface area contributed by atoms with E-state index < -0.39 is 0 Å². The Balaban J connectivity index is 2.46. The first-order valence-corrected chi connectivity index (χ1v) is 7.90. The summed E-state index contributed by atoms with van der Waals surface area (Å²) < 4.78 is 0. The van der Waals surface area contributed by atoms with Gasteiger partial charge in [0.25, 0.3) is 0 Å². The molecule has 0 N–H and O–H groups in total. The number of rotatable bonds is 3. The third-order valence-electron chi connectivity index (χ3n) is 3.81. The molecule has 20 heavy (non-hydrogen) atoms. The fourth-order valence-corrected chi connectivity index (χ4v) is 3.92. The highest BCUT2D eigenvalue weighted by atomic mass is 32.1. The van der Waals surface area contributed by atoms with E-state index in [0.29, 0.717) is 11.5 Å². The molecule has 0 fully saturated rings. The second kappa shape index (κ2) is 5.81. The lowest BCUT2D eigenvalue weighted by Crippen LogP contribution is -2.25. The Morgan fingerprint density at radius 2 is 2.30 bits per heavy atom. The number of fused-ring (bicyclic) bond motifs is 1. The van der Waals surface area contributed by atoms with Crippen molar-refractivity contribution in [2.75, 3.05) is 0 Å². The fraction of sp³-hybridized carbons (Fsp3) is 0.529. The Hall–Kier alpha value is -1.58. The van der Waals surface area contributed by atoms with Gasteiger partial charge in [0, 0.05) is 16.7 Å². The first-order chi connectivity index (χ1) is 9.51. The maximum atomic E-state index is 9.51. The van der Waals surface area contributed by atoms with E-state index >= 15 is 0 Å². The van der Waals surface area contributed by atoms with Crippen LogP contribution in [0.3, 0.4) is 0 Å². The third kappa shape index (κ3) is 2.65. The summed E-state index contributed by atoms with van der Waals surface area (Å²) in [5.74, 6) is 3.48. The minimum absolute atomic E-state index is 0.305. The molecule has 1 aromatic rings. The smallest absolute Gasteiger partial charge is 0.134 e. The zero-order valence-electron chi connectivity index (χ0n) is 12.4. The van der Waals surface area contributed by atoms with Gasteiger partial charge in [-0.25, -0.2) is 4.99 Å². The van der Waals surface area contributed by atoms with Crippen molar-refractivity contribution in [3.8, 4) is 18.4 Å². The summed E-state index contributed by atoms with van der Waals surface area (Å²) in [6.45, 7) is 6.39. The molecule has 1 atom stereocenters. The summed E-state index contributed by atoms with van der Waals surface area (Å²) in [5, 5.41) is 10.3. The minimum atomic E-state index is -0.305. The first-order valence-electron chi connectivity index (χ1n) is 7.08. The zero-order valence-corrected chi connectivity index (χ0v) is 13.2. The predicted molar refractivity (Wildman–Crippen MR) is 85.8 cm³/mol. The molecule has 0 unspecified atom stereocenters. The van der Waals surface area contributed by atoms with Crippen molar-refractivity contribution < 1.29 is 0 Å². The van der Waals surface area contributed by atoms with Gasteiger partial charge >= 0.3 is 0 Å². The van der Waals surface area contributed by atoms with E-state index in [1.54, 1.807) is 11.3 Å². The van der Waals surface area contributed by atoms with Crippen LogP contribution in [0.15, 0.2) is 4.99 Å². The van der Waals surface area contributed by atoms with Crippen LogP contribution < -0.4 is 0 Å². The quantitative estimate of drug-likeness (QED) is 0.590. The summed E-state index contributed by atoms with van der Waals surface area (Å²) in [5.41, 5.74) is 1.46. The average molecular weight is 284 g/mol. The summed E-state index contributed by atoms with van der Waals surface area (Å²) in [4.78, 5) is 5.78. The monoisotopic (exact) mass is 284 g/mol. The molecule has 1 heterocycles. The Bertz CT molecular complexity index is 610. The fourth-order valence-electron chi connectivity index (χ4n) is 2.64. The standard InChI is InChI=1S/C17H20N2S/c1-5-17(4)9-6-7-14-15(17)13(11-18)16(20-14)19-10-8-12(2)3/h1,10,12H,6-9H2,2-4H3/b19-10+/t17-/m0/s1. The van der Waals surface area contributed by atoms with Crippen molar-refractivity contribution >= 4 is 22.6 Å². The van der Waals surface area contributed by atoms with Crippen molar-refractivity contribution in [1.82, 2.24) is 0 Å². The van der Waals surface area contributed by atoms with Crippen molar-refractivity contribution in [1.29, 1.82) is 5.26 Å². The van der Waals surface area contributed by atoms with Gasteiger partial charge in [0.1, 0.15) is 11.1 Å². The maximum absolute atomic E-state index is 9.51. The van der Waals surface area contributed by atoms with E-state index in [1.807, 2.05) is 6.21 Å². The van der Waals surface area contributed by atoms with Gasteiger partial charge in [0.15, 0.2) is 0 Å². The van der Waals surface area contributed by atoms with E-state index in [0.717, 1.165) is 36.2 Å². The molecule has 0 amide bonds. The van der Waals surface area contributed by atoms with Crippen LogP contribution in [0.5, 0.6) is 0 Å². The van der Waals surface area contributed by atoms with Gasteiger partial charge < -0.3 is 0 Å². The van der Waals surface area contributed by atoms with Gasteiger partial charge in [-0.2, -0.15) is 5.26 Å². The molecular formula is C17H20N2S. The van der Waals surface area contributed by atoms with E-state index in [9.17, 15) is 5.26 Å². The molecule has 0 bridgehead atoms. The van der Waals surface area contributed by atoms with Gasteiger partial charge in [0.2, 0.25) is 0 Å². The molecule has 1 aliphatic carbocycles. The van der Waals surface area contributed by atoms with Gasteiger partial charge in [-0.3, -0.25) is 0 Å². The van der Waals surface area contributed by atoms with Crippen molar-refractivity contribution in [2.45, 2.75) is 51.9 Å². The zero-order chi connectivity index (χ0) is 14.8. The molecule has 1 aliphatic rings. The summed E-state index contributed by atoms with van der Waals surface area (Å²) in [6.07, 6.45) is 11.7. The lowest BCUT2D eigenvalue weighted by Gasteiger charge is -2.29. The van der Waals surface area contributed by atoms with Crippen molar-refractivity contribution in [3.05, 3.63) is 16.0 Å². The first kappa shape index (κ1) is 14.8. The van der Waals surface area contributed by atoms with E-state index in [2.05, 4.69) is 37.8 Å². The molecule has 0 radical (unpaired) electrons. The lowest BCUT2D eigenvalue weighted by atomic mass is 9.73. The largest absolute Gasteiger partial charge is 0.249 e. The number of hydrogen-bond acceptors (Lipinski definition) is 3. The average Bonchev–Trinajstić information content (AvgIpc) is 2.77.